The van der Waals surface area contributed by atoms with Gasteiger partial charge in [-0.15, -0.1) is 0 Å². The summed E-state index contributed by atoms with van der Waals surface area (Å²) in [6, 6.07) is 7.75. The molecule has 3 aromatic rings. The van der Waals surface area contributed by atoms with E-state index in [-0.39, 0.29) is 18.9 Å². The Labute approximate surface area is 160 Å². The molecule has 0 spiro atoms. The van der Waals surface area contributed by atoms with Gasteiger partial charge in [0.1, 0.15) is 5.82 Å². The van der Waals surface area contributed by atoms with Crippen molar-refractivity contribution in [2.75, 3.05) is 24.7 Å². The monoisotopic (exact) mass is 408 g/mol. The predicted molar refractivity (Wildman–Crippen MR) is 102 cm³/mol. The maximum Gasteiger partial charge on any atom is 0.244 e. The first-order chi connectivity index (χ1) is 12.7. The molecule has 27 heavy (non-hydrogen) atoms. The highest BCUT2D eigenvalue weighted by molar-refractivity contribution is 7.88. The molecule has 0 saturated carbocycles. The molecule has 0 aliphatic rings. The van der Waals surface area contributed by atoms with E-state index in [1.54, 1.807) is 30.6 Å². The fourth-order valence-electron chi connectivity index (χ4n) is 2.33. The van der Waals surface area contributed by atoms with E-state index >= 15 is 0 Å². The molecular weight excluding hydrogens is 391 g/mol. The van der Waals surface area contributed by atoms with Crippen molar-refractivity contribution in [2.24, 2.45) is 0 Å². The number of benzene rings is 1. The molecule has 3 rings (SSSR count). The summed E-state index contributed by atoms with van der Waals surface area (Å²) in [4.78, 5) is 22.7. The molecule has 0 aliphatic heterocycles. The summed E-state index contributed by atoms with van der Waals surface area (Å²) in [5, 5.41) is 0.367. The lowest BCUT2D eigenvalue weighted by Crippen LogP contribution is -2.40. The van der Waals surface area contributed by atoms with Crippen molar-refractivity contribution in [1.82, 2.24) is 14.3 Å². The van der Waals surface area contributed by atoms with Crippen LogP contribution in [0.4, 0.5) is 9.52 Å². The molecule has 0 saturated heterocycles. The predicted octanol–water partition coefficient (Wildman–Crippen LogP) is 2.25. The van der Waals surface area contributed by atoms with Crippen LogP contribution in [0.25, 0.3) is 10.2 Å². The lowest BCUT2D eigenvalue weighted by molar-refractivity contribution is -0.118. The Balaban J connectivity index is 1.96. The molecule has 0 unspecified atom stereocenters. The minimum Gasteiger partial charge on any atom is -0.282 e. The van der Waals surface area contributed by atoms with Gasteiger partial charge in [0.15, 0.2) is 5.13 Å². The molecule has 7 nitrogen and oxygen atoms in total. The molecule has 0 fully saturated rings. The molecule has 0 bridgehead atoms. The van der Waals surface area contributed by atoms with Crippen molar-refractivity contribution < 1.29 is 17.6 Å². The minimum absolute atomic E-state index is 0.173. The zero-order valence-electron chi connectivity index (χ0n) is 14.7. The van der Waals surface area contributed by atoms with E-state index in [4.69, 9.17) is 0 Å². The van der Waals surface area contributed by atoms with E-state index in [2.05, 4.69) is 9.97 Å². The normalized spacial score (nSPS) is 11.9. The number of anilines is 1. The third kappa shape index (κ3) is 4.65. The number of fused-ring (bicyclic) bond motifs is 1. The van der Waals surface area contributed by atoms with Crippen LogP contribution in [0.15, 0.2) is 42.7 Å². The number of carbonyl (C=O) groups is 1. The van der Waals surface area contributed by atoms with Crippen LogP contribution >= 0.6 is 11.3 Å². The summed E-state index contributed by atoms with van der Waals surface area (Å²) in [7, 11) is -2.17. The molecule has 1 amide bonds. The Morgan fingerprint density at radius 2 is 2.07 bits per heavy atom. The second kappa shape index (κ2) is 7.67. The van der Waals surface area contributed by atoms with Crippen LogP contribution in [0.5, 0.6) is 0 Å². The number of amides is 1. The fraction of sp³-hybridized carbons (Fsp3) is 0.235. The van der Waals surface area contributed by atoms with Crippen LogP contribution in [0.1, 0.15) is 5.56 Å². The number of carbonyl (C=O) groups excluding carboxylic acids is 1. The summed E-state index contributed by atoms with van der Waals surface area (Å²) in [6.45, 7) is -0.157. The molecule has 0 N–H and O–H groups in total. The quantitative estimate of drug-likeness (QED) is 0.625. The molecule has 142 valence electrons. The minimum atomic E-state index is -3.51. The van der Waals surface area contributed by atoms with Crippen molar-refractivity contribution >= 4 is 42.6 Å². The maximum atomic E-state index is 13.5. The zero-order valence-corrected chi connectivity index (χ0v) is 16.3. The van der Waals surface area contributed by atoms with E-state index in [1.807, 2.05) is 0 Å². The van der Waals surface area contributed by atoms with Crippen LogP contribution in [0.3, 0.4) is 0 Å². The highest BCUT2D eigenvalue weighted by Gasteiger charge is 2.24. The number of likely N-dealkylation sites (N-methyl/N-ethyl adjacent to an activating group) is 1. The number of thiazole rings is 1. The Morgan fingerprint density at radius 1 is 1.30 bits per heavy atom. The van der Waals surface area contributed by atoms with E-state index in [0.717, 1.165) is 16.1 Å². The van der Waals surface area contributed by atoms with Crippen molar-refractivity contribution in [3.63, 3.8) is 0 Å². The van der Waals surface area contributed by atoms with Crippen molar-refractivity contribution in [3.8, 4) is 0 Å². The molecule has 10 heteroatoms. The first-order valence-electron chi connectivity index (χ1n) is 7.91. The molecule has 0 radical (unpaired) electrons. The number of hydrogen-bond donors (Lipinski definition) is 0. The Hall–Kier alpha value is -2.43. The van der Waals surface area contributed by atoms with Gasteiger partial charge in [0.2, 0.25) is 15.9 Å². The molecule has 0 aliphatic carbocycles. The molecule has 1 aromatic carbocycles. The summed E-state index contributed by atoms with van der Waals surface area (Å²) in [5.41, 5.74) is 1.33. The van der Waals surface area contributed by atoms with Gasteiger partial charge in [-0.3, -0.25) is 14.7 Å². The van der Waals surface area contributed by atoms with E-state index in [0.29, 0.717) is 15.3 Å². The molecule has 2 aromatic heterocycles. The lowest BCUT2D eigenvalue weighted by Gasteiger charge is -2.22. The van der Waals surface area contributed by atoms with E-state index in [9.17, 15) is 17.6 Å². The topological polar surface area (TPSA) is 83.5 Å². The van der Waals surface area contributed by atoms with Crippen molar-refractivity contribution in [2.45, 2.75) is 6.54 Å². The number of sulfonamides is 1. The van der Waals surface area contributed by atoms with Gasteiger partial charge in [-0.2, -0.15) is 4.31 Å². The third-order valence-corrected chi connectivity index (χ3v) is 6.16. The first-order valence-corrected chi connectivity index (χ1v) is 10.6. The number of pyridine rings is 1. The van der Waals surface area contributed by atoms with Gasteiger partial charge < -0.3 is 0 Å². The van der Waals surface area contributed by atoms with Crippen LogP contribution in [0.2, 0.25) is 0 Å². The van der Waals surface area contributed by atoms with Gasteiger partial charge in [0, 0.05) is 19.4 Å². The van der Waals surface area contributed by atoms with Gasteiger partial charge in [0.25, 0.3) is 0 Å². The summed E-state index contributed by atoms with van der Waals surface area (Å²) in [6.07, 6.45) is 4.27. The number of aromatic nitrogens is 2. The molecular formula is C17H17FN4O3S2. The summed E-state index contributed by atoms with van der Waals surface area (Å²) >= 11 is 1.17. The van der Waals surface area contributed by atoms with Crippen molar-refractivity contribution in [3.05, 3.63) is 54.1 Å². The highest BCUT2D eigenvalue weighted by Crippen LogP contribution is 2.30. The van der Waals surface area contributed by atoms with Crippen LogP contribution in [-0.4, -0.2) is 48.4 Å². The zero-order chi connectivity index (χ0) is 19.6. The highest BCUT2D eigenvalue weighted by atomic mass is 32.2. The number of rotatable bonds is 6. The summed E-state index contributed by atoms with van der Waals surface area (Å²) in [5.74, 6) is -0.828. The first kappa shape index (κ1) is 19.3. The van der Waals surface area contributed by atoms with Gasteiger partial charge in [0.05, 0.1) is 29.6 Å². The summed E-state index contributed by atoms with van der Waals surface area (Å²) < 4.78 is 38.4. The van der Waals surface area contributed by atoms with Crippen LogP contribution in [0, 0.1) is 5.82 Å². The third-order valence-electron chi connectivity index (χ3n) is 3.86. The van der Waals surface area contributed by atoms with Crippen LogP contribution in [-0.2, 0) is 21.4 Å². The van der Waals surface area contributed by atoms with Crippen molar-refractivity contribution in [1.29, 1.82) is 0 Å². The molecule has 0 atom stereocenters. The standard InChI is InChI=1S/C17H17FN4O3S2/c1-21(27(2,24)25)11-16(23)22(10-12-4-3-7-19-9-12)17-20-14-6-5-13(18)8-15(14)26-17/h3-9H,10-11H2,1-2H3. The smallest absolute Gasteiger partial charge is 0.244 e. The Kier molecular flexibility index (Phi) is 5.49. The second-order valence-electron chi connectivity index (χ2n) is 5.97. The lowest BCUT2D eigenvalue weighted by atomic mass is 10.2. The van der Waals surface area contributed by atoms with E-state index in [1.165, 1.54) is 35.4 Å². The number of nitrogens with zero attached hydrogens (tertiary/aromatic N) is 4. The Bertz CT molecular complexity index is 1070. The van der Waals surface area contributed by atoms with Gasteiger partial charge in [-0.05, 0) is 29.8 Å². The fourth-order valence-corrected chi connectivity index (χ4v) is 3.68. The second-order valence-corrected chi connectivity index (χ2v) is 9.07. The SMILES string of the molecule is CN(CC(=O)N(Cc1cccnc1)c1nc2ccc(F)cc2s1)S(C)(=O)=O. The number of hydrogen-bond acceptors (Lipinski definition) is 6. The largest absolute Gasteiger partial charge is 0.282 e. The maximum absolute atomic E-state index is 13.5. The van der Waals surface area contributed by atoms with Gasteiger partial charge in [-0.1, -0.05) is 17.4 Å². The van der Waals surface area contributed by atoms with Crippen LogP contribution < -0.4 is 4.90 Å². The average Bonchev–Trinajstić information content (AvgIpc) is 3.02. The van der Waals surface area contributed by atoms with Gasteiger partial charge in [-0.25, -0.2) is 17.8 Å². The average molecular weight is 408 g/mol. The Morgan fingerprint density at radius 3 is 2.74 bits per heavy atom. The molecule has 2 heterocycles. The number of halogens is 1. The van der Waals surface area contributed by atoms with E-state index < -0.39 is 15.9 Å². The van der Waals surface area contributed by atoms with Gasteiger partial charge >= 0.3 is 0 Å².